The Hall–Kier alpha value is -2.28. The first-order valence-corrected chi connectivity index (χ1v) is 10.2. The Bertz CT molecular complexity index is 638. The van der Waals surface area contributed by atoms with Crippen molar-refractivity contribution in [3.8, 4) is 0 Å². The van der Waals surface area contributed by atoms with E-state index in [1.165, 1.54) is 7.11 Å². The van der Waals surface area contributed by atoms with Crippen molar-refractivity contribution in [2.24, 2.45) is 5.92 Å². The molecule has 1 aromatic rings. The van der Waals surface area contributed by atoms with Gasteiger partial charge >= 0.3 is 12.2 Å². The van der Waals surface area contributed by atoms with E-state index >= 15 is 0 Å². The van der Waals surface area contributed by atoms with Gasteiger partial charge in [0.25, 0.3) is 0 Å². The van der Waals surface area contributed by atoms with Crippen LogP contribution in [0.15, 0.2) is 30.3 Å². The van der Waals surface area contributed by atoms with Crippen LogP contribution in [-0.2, 0) is 20.8 Å². The molecule has 0 bridgehead atoms. The molecular weight excluding hydrogens is 372 g/mol. The van der Waals surface area contributed by atoms with Gasteiger partial charge in [-0.3, -0.25) is 4.90 Å². The highest BCUT2D eigenvalue weighted by molar-refractivity contribution is 5.70. The molecule has 1 unspecified atom stereocenters. The van der Waals surface area contributed by atoms with Gasteiger partial charge in [0, 0.05) is 25.3 Å². The maximum Gasteiger partial charge on any atom is 0.410 e. The third kappa shape index (κ3) is 7.57. The number of alkyl carbamates (subject to hydrolysis) is 1. The Labute approximate surface area is 173 Å². The van der Waals surface area contributed by atoms with Gasteiger partial charge < -0.3 is 19.5 Å². The number of hydrogen-bond donors (Lipinski definition) is 1. The monoisotopic (exact) mass is 406 g/mol. The SMILES string of the molecule is COC(=O)N(C(CNC(=O)OCc1ccccc1)C[C@@H]1CCCOC1)C(C)(C)C. The summed E-state index contributed by atoms with van der Waals surface area (Å²) in [4.78, 5) is 26.5. The van der Waals surface area contributed by atoms with Crippen molar-refractivity contribution in [2.75, 3.05) is 26.9 Å². The van der Waals surface area contributed by atoms with Crippen LogP contribution in [0.3, 0.4) is 0 Å². The van der Waals surface area contributed by atoms with Crippen molar-refractivity contribution in [1.29, 1.82) is 0 Å². The Morgan fingerprint density at radius 3 is 2.59 bits per heavy atom. The van der Waals surface area contributed by atoms with E-state index in [0.29, 0.717) is 12.5 Å². The lowest BCUT2D eigenvalue weighted by molar-refractivity contribution is 0.0175. The fourth-order valence-electron chi connectivity index (χ4n) is 3.70. The van der Waals surface area contributed by atoms with Gasteiger partial charge in [-0.2, -0.15) is 0 Å². The molecule has 1 aliphatic heterocycles. The zero-order valence-electron chi connectivity index (χ0n) is 18.0. The van der Waals surface area contributed by atoms with Gasteiger partial charge in [-0.15, -0.1) is 0 Å². The van der Waals surface area contributed by atoms with Gasteiger partial charge in [0.2, 0.25) is 0 Å². The van der Waals surface area contributed by atoms with Crippen LogP contribution in [0.5, 0.6) is 0 Å². The molecule has 0 spiro atoms. The molecule has 1 N–H and O–H groups in total. The summed E-state index contributed by atoms with van der Waals surface area (Å²) in [7, 11) is 1.38. The number of benzene rings is 1. The largest absolute Gasteiger partial charge is 0.453 e. The van der Waals surface area contributed by atoms with Crippen molar-refractivity contribution in [2.45, 2.75) is 58.2 Å². The number of carbonyl (C=O) groups is 2. The first kappa shape index (κ1) is 23.0. The molecule has 0 radical (unpaired) electrons. The molecule has 1 aromatic carbocycles. The van der Waals surface area contributed by atoms with Gasteiger partial charge in [-0.25, -0.2) is 9.59 Å². The van der Waals surface area contributed by atoms with Crippen LogP contribution >= 0.6 is 0 Å². The van der Waals surface area contributed by atoms with Gasteiger partial charge in [0.05, 0.1) is 13.2 Å². The van der Waals surface area contributed by atoms with E-state index in [4.69, 9.17) is 14.2 Å². The van der Waals surface area contributed by atoms with Crippen LogP contribution in [0.4, 0.5) is 9.59 Å². The number of carbonyl (C=O) groups excluding carboxylic acids is 2. The average Bonchev–Trinajstić information content (AvgIpc) is 2.70. The molecule has 1 saturated heterocycles. The van der Waals surface area contributed by atoms with E-state index in [9.17, 15) is 9.59 Å². The molecule has 29 heavy (non-hydrogen) atoms. The Balaban J connectivity index is 2.01. The molecule has 1 aliphatic rings. The van der Waals surface area contributed by atoms with Crippen molar-refractivity contribution in [3.63, 3.8) is 0 Å². The van der Waals surface area contributed by atoms with Crippen molar-refractivity contribution >= 4 is 12.2 Å². The summed E-state index contributed by atoms with van der Waals surface area (Å²) < 4.78 is 15.9. The average molecular weight is 407 g/mol. The van der Waals surface area contributed by atoms with Gasteiger partial charge in [0.15, 0.2) is 0 Å². The number of methoxy groups -OCH3 is 1. The predicted molar refractivity (Wildman–Crippen MR) is 111 cm³/mol. The highest BCUT2D eigenvalue weighted by Gasteiger charge is 2.36. The number of ether oxygens (including phenoxy) is 3. The zero-order valence-corrected chi connectivity index (χ0v) is 18.0. The van der Waals surface area contributed by atoms with Crippen molar-refractivity contribution in [1.82, 2.24) is 10.2 Å². The Morgan fingerprint density at radius 1 is 1.28 bits per heavy atom. The highest BCUT2D eigenvalue weighted by atomic mass is 16.6. The summed E-state index contributed by atoms with van der Waals surface area (Å²) in [6.45, 7) is 7.83. The molecule has 2 atom stereocenters. The summed E-state index contributed by atoms with van der Waals surface area (Å²) in [6.07, 6.45) is 1.88. The third-order valence-electron chi connectivity index (χ3n) is 5.01. The minimum atomic E-state index is -0.502. The normalized spacial score (nSPS) is 17.9. The topological polar surface area (TPSA) is 77.1 Å². The smallest absolute Gasteiger partial charge is 0.410 e. The molecule has 7 heteroatoms. The Morgan fingerprint density at radius 2 is 2.00 bits per heavy atom. The molecule has 0 saturated carbocycles. The van der Waals surface area contributed by atoms with Crippen LogP contribution in [0.1, 0.15) is 45.6 Å². The number of nitrogens with one attached hydrogen (secondary N) is 1. The van der Waals surface area contributed by atoms with E-state index in [1.807, 2.05) is 51.1 Å². The second-order valence-electron chi connectivity index (χ2n) is 8.43. The molecule has 162 valence electrons. The fraction of sp³-hybridized carbons (Fsp3) is 0.636. The molecule has 7 nitrogen and oxygen atoms in total. The lowest BCUT2D eigenvalue weighted by Gasteiger charge is -2.42. The van der Waals surface area contributed by atoms with Crippen molar-refractivity contribution in [3.05, 3.63) is 35.9 Å². The second-order valence-corrected chi connectivity index (χ2v) is 8.43. The molecular formula is C22H34N2O5. The number of amides is 2. The van der Waals surface area contributed by atoms with Crippen LogP contribution in [0, 0.1) is 5.92 Å². The van der Waals surface area contributed by atoms with E-state index in [1.54, 1.807) is 4.90 Å². The van der Waals surface area contributed by atoms with E-state index < -0.39 is 17.7 Å². The molecule has 0 aromatic heterocycles. The first-order valence-electron chi connectivity index (χ1n) is 10.2. The maximum atomic E-state index is 12.5. The number of hydrogen-bond acceptors (Lipinski definition) is 5. The maximum absolute atomic E-state index is 12.5. The van der Waals surface area contributed by atoms with E-state index in [0.717, 1.165) is 31.4 Å². The van der Waals surface area contributed by atoms with Crippen LogP contribution < -0.4 is 5.32 Å². The molecule has 1 heterocycles. The predicted octanol–water partition coefficient (Wildman–Crippen LogP) is 3.97. The van der Waals surface area contributed by atoms with Crippen LogP contribution in [0.2, 0.25) is 0 Å². The van der Waals surface area contributed by atoms with Crippen LogP contribution in [0.25, 0.3) is 0 Å². The van der Waals surface area contributed by atoms with Crippen molar-refractivity contribution < 1.29 is 23.8 Å². The summed E-state index contributed by atoms with van der Waals surface area (Å²) in [5.74, 6) is 0.338. The summed E-state index contributed by atoms with van der Waals surface area (Å²) in [6, 6.07) is 9.29. The van der Waals surface area contributed by atoms with E-state index in [-0.39, 0.29) is 19.2 Å². The molecule has 1 fully saturated rings. The Kier molecular flexibility index (Phi) is 8.76. The van der Waals surface area contributed by atoms with E-state index in [2.05, 4.69) is 5.32 Å². The number of nitrogens with zero attached hydrogens (tertiary/aromatic N) is 1. The van der Waals surface area contributed by atoms with Gasteiger partial charge in [0.1, 0.15) is 6.61 Å². The zero-order chi connectivity index (χ0) is 21.3. The fourth-order valence-corrected chi connectivity index (χ4v) is 3.70. The lowest BCUT2D eigenvalue weighted by Crippen LogP contribution is -2.56. The first-order chi connectivity index (χ1) is 13.8. The quantitative estimate of drug-likeness (QED) is 0.741. The van der Waals surface area contributed by atoms with Crippen LogP contribution in [-0.4, -0.2) is 55.5 Å². The molecule has 0 aliphatic carbocycles. The summed E-state index contributed by atoms with van der Waals surface area (Å²) in [5, 5.41) is 2.82. The molecule has 2 rings (SSSR count). The third-order valence-corrected chi connectivity index (χ3v) is 5.01. The van der Waals surface area contributed by atoms with Gasteiger partial charge in [-0.1, -0.05) is 30.3 Å². The minimum Gasteiger partial charge on any atom is -0.453 e. The second kappa shape index (κ2) is 11.0. The standard InChI is InChI=1S/C22H34N2O5/c1-22(2,3)24(21(26)27-4)19(13-18-11-8-12-28-15-18)14-23-20(25)29-16-17-9-6-5-7-10-17/h5-7,9-10,18-19H,8,11-16H2,1-4H3,(H,23,25)/t18-,19?/m0/s1. The number of rotatable bonds is 7. The summed E-state index contributed by atoms with van der Waals surface area (Å²) >= 11 is 0. The highest BCUT2D eigenvalue weighted by Crippen LogP contribution is 2.26. The summed E-state index contributed by atoms with van der Waals surface area (Å²) in [5.41, 5.74) is 0.465. The lowest BCUT2D eigenvalue weighted by atomic mass is 9.91. The minimum absolute atomic E-state index is 0.202. The van der Waals surface area contributed by atoms with Gasteiger partial charge in [-0.05, 0) is 51.5 Å². The molecule has 2 amide bonds.